The van der Waals surface area contributed by atoms with E-state index >= 15 is 0 Å². The van der Waals surface area contributed by atoms with E-state index in [2.05, 4.69) is 21.2 Å². The molecule has 20 heavy (non-hydrogen) atoms. The van der Waals surface area contributed by atoms with Crippen LogP contribution in [0.1, 0.15) is 5.56 Å². The predicted molar refractivity (Wildman–Crippen MR) is 81.3 cm³/mol. The molecule has 0 unspecified atom stereocenters. The SMILES string of the molecule is NNC(=O)Nc1ccccc1OCc1ccc(Br)cc1. The zero-order valence-corrected chi connectivity index (χ0v) is 12.2. The summed E-state index contributed by atoms with van der Waals surface area (Å²) in [5.74, 6) is 5.62. The maximum absolute atomic E-state index is 11.2. The van der Waals surface area contributed by atoms with Crippen molar-refractivity contribution in [3.05, 3.63) is 58.6 Å². The quantitative estimate of drug-likeness (QED) is 0.456. The van der Waals surface area contributed by atoms with Crippen LogP contribution in [0.5, 0.6) is 5.75 Å². The summed E-state index contributed by atoms with van der Waals surface area (Å²) in [4.78, 5) is 11.2. The second-order valence-corrected chi connectivity index (χ2v) is 4.93. The Bertz CT molecular complexity index is 587. The van der Waals surface area contributed by atoms with Gasteiger partial charge in [0.05, 0.1) is 5.69 Å². The fraction of sp³-hybridized carbons (Fsp3) is 0.0714. The summed E-state index contributed by atoms with van der Waals surface area (Å²) in [6.07, 6.45) is 0. The molecule has 4 N–H and O–H groups in total. The highest BCUT2D eigenvalue weighted by atomic mass is 79.9. The topological polar surface area (TPSA) is 76.4 Å². The van der Waals surface area contributed by atoms with Crippen LogP contribution in [0.3, 0.4) is 0 Å². The highest BCUT2D eigenvalue weighted by Crippen LogP contribution is 2.24. The number of nitrogens with one attached hydrogen (secondary N) is 2. The lowest BCUT2D eigenvalue weighted by Crippen LogP contribution is -2.34. The van der Waals surface area contributed by atoms with E-state index in [0.29, 0.717) is 18.0 Å². The highest BCUT2D eigenvalue weighted by molar-refractivity contribution is 9.10. The van der Waals surface area contributed by atoms with Gasteiger partial charge in [-0.15, -0.1) is 0 Å². The summed E-state index contributed by atoms with van der Waals surface area (Å²) >= 11 is 3.38. The molecule has 0 aromatic heterocycles. The molecule has 104 valence electrons. The number of urea groups is 1. The first-order chi connectivity index (χ1) is 9.69. The van der Waals surface area contributed by atoms with E-state index in [9.17, 15) is 4.79 Å². The average Bonchev–Trinajstić information content (AvgIpc) is 2.48. The van der Waals surface area contributed by atoms with Crippen LogP contribution in [0.15, 0.2) is 53.0 Å². The Balaban J connectivity index is 2.05. The minimum atomic E-state index is -0.496. The number of ether oxygens (including phenoxy) is 1. The minimum absolute atomic E-state index is 0.413. The lowest BCUT2D eigenvalue weighted by atomic mass is 10.2. The van der Waals surface area contributed by atoms with Crippen molar-refractivity contribution in [1.29, 1.82) is 0 Å². The summed E-state index contributed by atoms with van der Waals surface area (Å²) in [5, 5.41) is 2.60. The van der Waals surface area contributed by atoms with E-state index in [-0.39, 0.29) is 0 Å². The third kappa shape index (κ3) is 3.97. The van der Waals surface area contributed by atoms with Gasteiger partial charge in [-0.25, -0.2) is 10.6 Å². The molecule has 0 fully saturated rings. The summed E-state index contributed by atoms with van der Waals surface area (Å²) in [6.45, 7) is 0.413. The van der Waals surface area contributed by atoms with Gasteiger partial charge >= 0.3 is 6.03 Å². The first-order valence-electron chi connectivity index (χ1n) is 5.93. The van der Waals surface area contributed by atoms with E-state index in [4.69, 9.17) is 10.6 Å². The number of rotatable bonds is 4. The second kappa shape index (κ2) is 6.93. The maximum atomic E-state index is 11.2. The summed E-state index contributed by atoms with van der Waals surface area (Å²) in [6, 6.07) is 14.5. The number of carbonyl (C=O) groups is 1. The zero-order valence-electron chi connectivity index (χ0n) is 10.6. The number of anilines is 1. The summed E-state index contributed by atoms with van der Waals surface area (Å²) < 4.78 is 6.73. The number of para-hydroxylation sites is 2. The summed E-state index contributed by atoms with van der Waals surface area (Å²) in [7, 11) is 0. The van der Waals surface area contributed by atoms with Crippen molar-refractivity contribution in [3.8, 4) is 5.75 Å². The molecule has 0 aliphatic carbocycles. The van der Waals surface area contributed by atoms with Gasteiger partial charge in [0.15, 0.2) is 0 Å². The van der Waals surface area contributed by atoms with E-state index < -0.39 is 6.03 Å². The third-order valence-electron chi connectivity index (χ3n) is 2.57. The molecular weight excluding hydrogens is 322 g/mol. The normalized spacial score (nSPS) is 9.90. The number of nitrogens with two attached hydrogens (primary N) is 1. The number of carbonyl (C=O) groups excluding carboxylic acids is 1. The van der Waals surface area contributed by atoms with E-state index in [1.54, 1.807) is 18.2 Å². The van der Waals surface area contributed by atoms with Crippen LogP contribution in [-0.4, -0.2) is 6.03 Å². The van der Waals surface area contributed by atoms with Crippen molar-refractivity contribution >= 4 is 27.6 Å². The highest BCUT2D eigenvalue weighted by Gasteiger charge is 2.06. The lowest BCUT2D eigenvalue weighted by molar-refractivity contribution is 0.252. The number of amides is 2. The number of hydrogen-bond acceptors (Lipinski definition) is 3. The van der Waals surface area contributed by atoms with Crippen LogP contribution >= 0.6 is 15.9 Å². The van der Waals surface area contributed by atoms with Gasteiger partial charge in [0.1, 0.15) is 12.4 Å². The molecule has 0 bridgehead atoms. The van der Waals surface area contributed by atoms with Gasteiger partial charge in [0, 0.05) is 4.47 Å². The number of hydrazine groups is 1. The van der Waals surface area contributed by atoms with Crippen LogP contribution in [-0.2, 0) is 6.61 Å². The largest absolute Gasteiger partial charge is 0.487 e. The van der Waals surface area contributed by atoms with Crippen molar-refractivity contribution < 1.29 is 9.53 Å². The van der Waals surface area contributed by atoms with Gasteiger partial charge in [-0.1, -0.05) is 40.2 Å². The van der Waals surface area contributed by atoms with Gasteiger partial charge in [0.25, 0.3) is 0 Å². The van der Waals surface area contributed by atoms with Crippen molar-refractivity contribution in [3.63, 3.8) is 0 Å². The molecule has 2 aromatic rings. The molecule has 2 amide bonds. The number of halogens is 1. The van der Waals surface area contributed by atoms with Crippen molar-refractivity contribution in [2.75, 3.05) is 5.32 Å². The standard InChI is InChI=1S/C14H14BrN3O2/c15-11-7-5-10(6-8-11)9-20-13-4-2-1-3-12(13)17-14(19)18-16/h1-8H,9,16H2,(H2,17,18,19). The van der Waals surface area contributed by atoms with Crippen molar-refractivity contribution in [2.45, 2.75) is 6.61 Å². The molecule has 0 atom stereocenters. The molecule has 0 saturated carbocycles. The number of benzene rings is 2. The molecule has 2 rings (SSSR count). The third-order valence-corrected chi connectivity index (χ3v) is 3.10. The molecule has 2 aromatic carbocycles. The van der Waals surface area contributed by atoms with Crippen LogP contribution < -0.4 is 21.3 Å². The van der Waals surface area contributed by atoms with E-state index in [0.717, 1.165) is 10.0 Å². The molecule has 5 nitrogen and oxygen atoms in total. The minimum Gasteiger partial charge on any atom is -0.487 e. The van der Waals surface area contributed by atoms with Crippen molar-refractivity contribution in [1.82, 2.24) is 5.43 Å². The molecular formula is C14H14BrN3O2. The second-order valence-electron chi connectivity index (χ2n) is 4.01. The maximum Gasteiger partial charge on any atom is 0.333 e. The van der Waals surface area contributed by atoms with Gasteiger partial charge in [-0.05, 0) is 29.8 Å². The molecule has 0 radical (unpaired) electrons. The summed E-state index contributed by atoms with van der Waals surface area (Å²) in [5.41, 5.74) is 3.61. The Labute approximate surface area is 125 Å². The number of hydrogen-bond donors (Lipinski definition) is 3. The Morgan fingerprint density at radius 2 is 1.85 bits per heavy atom. The van der Waals surface area contributed by atoms with Gasteiger partial charge in [-0.2, -0.15) is 0 Å². The first kappa shape index (κ1) is 14.4. The Hall–Kier alpha value is -2.05. The molecule has 0 spiro atoms. The Morgan fingerprint density at radius 3 is 2.55 bits per heavy atom. The monoisotopic (exact) mass is 335 g/mol. The molecule has 0 aliphatic rings. The Morgan fingerprint density at radius 1 is 1.15 bits per heavy atom. The Kier molecular flexibility index (Phi) is 4.97. The van der Waals surface area contributed by atoms with Crippen molar-refractivity contribution in [2.24, 2.45) is 5.84 Å². The van der Waals surface area contributed by atoms with Crippen LogP contribution in [0.25, 0.3) is 0 Å². The smallest absolute Gasteiger partial charge is 0.333 e. The van der Waals surface area contributed by atoms with Crippen LogP contribution in [0.2, 0.25) is 0 Å². The first-order valence-corrected chi connectivity index (χ1v) is 6.72. The fourth-order valence-corrected chi connectivity index (χ4v) is 1.86. The van der Waals surface area contributed by atoms with Crippen LogP contribution in [0, 0.1) is 0 Å². The fourth-order valence-electron chi connectivity index (χ4n) is 1.60. The van der Waals surface area contributed by atoms with E-state index in [1.807, 2.05) is 35.8 Å². The molecule has 0 saturated heterocycles. The van der Waals surface area contributed by atoms with E-state index in [1.165, 1.54) is 0 Å². The predicted octanol–water partition coefficient (Wildman–Crippen LogP) is 3.02. The molecule has 6 heteroatoms. The molecule has 0 heterocycles. The van der Waals surface area contributed by atoms with Crippen LogP contribution in [0.4, 0.5) is 10.5 Å². The zero-order chi connectivity index (χ0) is 14.4. The molecule has 0 aliphatic heterocycles. The average molecular weight is 336 g/mol. The van der Waals surface area contributed by atoms with Gasteiger partial charge < -0.3 is 10.1 Å². The lowest BCUT2D eigenvalue weighted by Gasteiger charge is -2.12. The van der Waals surface area contributed by atoms with Gasteiger partial charge in [0.2, 0.25) is 0 Å². The van der Waals surface area contributed by atoms with Gasteiger partial charge in [-0.3, -0.25) is 5.43 Å².